The van der Waals surface area contributed by atoms with Gasteiger partial charge in [0.25, 0.3) is 0 Å². The molecule has 0 aromatic carbocycles. The molecule has 3 N–H and O–H groups in total. The van der Waals surface area contributed by atoms with Crippen molar-refractivity contribution in [1.29, 1.82) is 0 Å². The van der Waals surface area contributed by atoms with Crippen LogP contribution in [-0.4, -0.2) is 46.3 Å². The van der Waals surface area contributed by atoms with Crippen LogP contribution in [0.3, 0.4) is 0 Å². The number of carbonyl (C=O) groups is 3. The number of hydrogen-bond acceptors (Lipinski definition) is 4. The van der Waals surface area contributed by atoms with Gasteiger partial charge in [0.15, 0.2) is 5.78 Å². The molecule has 0 heterocycles. The van der Waals surface area contributed by atoms with Crippen molar-refractivity contribution in [2.75, 3.05) is 6.54 Å². The Kier molecular flexibility index (Phi) is 8.15. The summed E-state index contributed by atoms with van der Waals surface area (Å²) in [6.07, 6.45) is 3.34. The van der Waals surface area contributed by atoms with E-state index in [1.165, 1.54) is 11.0 Å². The van der Waals surface area contributed by atoms with Crippen LogP contribution < -0.4 is 5.73 Å². The van der Waals surface area contributed by atoms with Crippen LogP contribution in [0.15, 0.2) is 25.3 Å². The van der Waals surface area contributed by atoms with Gasteiger partial charge in [0.1, 0.15) is 6.04 Å². The molecule has 0 bridgehead atoms. The zero-order valence-electron chi connectivity index (χ0n) is 11.7. The fraction of sp³-hybridized carbons (Fsp3) is 0.500. The van der Waals surface area contributed by atoms with Gasteiger partial charge in [0.05, 0.1) is 6.04 Å². The lowest BCUT2D eigenvalue weighted by Gasteiger charge is -2.28. The van der Waals surface area contributed by atoms with Crippen molar-refractivity contribution in [3.63, 3.8) is 0 Å². The molecular weight excluding hydrogens is 260 g/mol. The Bertz CT molecular complexity index is 393. The van der Waals surface area contributed by atoms with Gasteiger partial charge in [-0.3, -0.25) is 14.4 Å². The number of hydrogen-bond donors (Lipinski definition) is 2. The summed E-state index contributed by atoms with van der Waals surface area (Å²) in [5, 5.41) is 8.70. The highest BCUT2D eigenvalue weighted by Crippen LogP contribution is 2.12. The summed E-state index contributed by atoms with van der Waals surface area (Å²) in [6.45, 7) is 8.94. The monoisotopic (exact) mass is 282 g/mol. The minimum Gasteiger partial charge on any atom is -0.480 e. The van der Waals surface area contributed by atoms with Crippen molar-refractivity contribution in [2.24, 2.45) is 5.73 Å². The molecule has 0 spiro atoms. The molecule has 112 valence electrons. The topological polar surface area (TPSA) is 101 Å². The van der Waals surface area contributed by atoms with E-state index in [1.54, 1.807) is 6.92 Å². The van der Waals surface area contributed by atoms with Gasteiger partial charge >= 0.3 is 5.97 Å². The number of aliphatic carboxylic acids is 1. The van der Waals surface area contributed by atoms with Gasteiger partial charge < -0.3 is 15.7 Å². The fourth-order valence-electron chi connectivity index (χ4n) is 1.89. The van der Waals surface area contributed by atoms with Crippen molar-refractivity contribution in [2.45, 2.75) is 38.3 Å². The van der Waals surface area contributed by atoms with Crippen molar-refractivity contribution >= 4 is 17.7 Å². The van der Waals surface area contributed by atoms with E-state index < -0.39 is 18.1 Å². The number of rotatable bonds is 10. The van der Waals surface area contributed by atoms with Crippen LogP contribution in [0.25, 0.3) is 0 Å². The van der Waals surface area contributed by atoms with Crippen molar-refractivity contribution in [1.82, 2.24) is 4.90 Å². The Hall–Kier alpha value is -1.95. The van der Waals surface area contributed by atoms with Crippen LogP contribution in [0.5, 0.6) is 0 Å². The number of carboxylic acids is 1. The Labute approximate surface area is 118 Å². The number of likely N-dealkylation sites (N-methyl/N-ethyl adjacent to an activating group) is 1. The van der Waals surface area contributed by atoms with Gasteiger partial charge in [-0.1, -0.05) is 13.2 Å². The average molecular weight is 282 g/mol. The third-order valence-electron chi connectivity index (χ3n) is 3.01. The van der Waals surface area contributed by atoms with Gasteiger partial charge in [-0.2, -0.15) is 0 Å². The Morgan fingerprint density at radius 3 is 2.25 bits per heavy atom. The summed E-state index contributed by atoms with van der Waals surface area (Å²) < 4.78 is 0. The van der Waals surface area contributed by atoms with Gasteiger partial charge in [-0.25, -0.2) is 0 Å². The Morgan fingerprint density at radius 2 is 1.85 bits per heavy atom. The Morgan fingerprint density at radius 1 is 1.25 bits per heavy atom. The van der Waals surface area contributed by atoms with Gasteiger partial charge in [-0.05, 0) is 38.3 Å². The molecule has 1 amide bonds. The second-order valence-electron chi connectivity index (χ2n) is 4.33. The van der Waals surface area contributed by atoms with E-state index in [0.29, 0.717) is 19.4 Å². The Balaban J connectivity index is 4.76. The molecule has 0 aliphatic heterocycles. The highest BCUT2D eigenvalue weighted by Gasteiger charge is 2.25. The maximum atomic E-state index is 11.8. The lowest BCUT2D eigenvalue weighted by molar-refractivity contribution is -0.138. The number of ketones is 1. The van der Waals surface area contributed by atoms with Gasteiger partial charge in [0, 0.05) is 6.54 Å². The molecule has 2 unspecified atom stereocenters. The smallest absolute Gasteiger partial charge is 0.320 e. The van der Waals surface area contributed by atoms with E-state index in [1.807, 2.05) is 0 Å². The van der Waals surface area contributed by atoms with Crippen LogP contribution >= 0.6 is 0 Å². The SMILES string of the molecule is C=CC(=O)C(CCCC(N)C(=O)O)N(CC)C(=O)C=C. The molecule has 0 aliphatic carbocycles. The molecule has 0 aromatic rings. The van der Waals surface area contributed by atoms with E-state index >= 15 is 0 Å². The highest BCUT2D eigenvalue weighted by atomic mass is 16.4. The summed E-state index contributed by atoms with van der Waals surface area (Å²) in [7, 11) is 0. The van der Waals surface area contributed by atoms with Gasteiger partial charge in [-0.15, -0.1) is 0 Å². The lowest BCUT2D eigenvalue weighted by atomic mass is 10.0. The first-order chi connectivity index (χ1) is 9.38. The number of nitrogens with two attached hydrogens (primary N) is 1. The quantitative estimate of drug-likeness (QED) is 0.575. The molecule has 0 aromatic heterocycles. The van der Waals surface area contributed by atoms with Crippen LogP contribution in [0.1, 0.15) is 26.2 Å². The summed E-state index contributed by atoms with van der Waals surface area (Å²) >= 11 is 0. The number of nitrogens with zero attached hydrogens (tertiary/aromatic N) is 1. The first-order valence-electron chi connectivity index (χ1n) is 6.46. The normalized spacial score (nSPS) is 13.1. The minimum absolute atomic E-state index is 0.246. The lowest BCUT2D eigenvalue weighted by Crippen LogP contribution is -2.44. The van der Waals surface area contributed by atoms with E-state index in [9.17, 15) is 14.4 Å². The van der Waals surface area contributed by atoms with Crippen molar-refractivity contribution in [3.05, 3.63) is 25.3 Å². The summed E-state index contributed by atoms with van der Waals surface area (Å²) in [4.78, 5) is 35.6. The predicted molar refractivity (Wildman–Crippen MR) is 76.0 cm³/mol. The first kappa shape index (κ1) is 18.0. The minimum atomic E-state index is -1.08. The largest absolute Gasteiger partial charge is 0.480 e. The molecule has 6 nitrogen and oxygen atoms in total. The predicted octanol–water partition coefficient (Wildman–Crippen LogP) is 0.727. The van der Waals surface area contributed by atoms with Crippen molar-refractivity contribution in [3.8, 4) is 0 Å². The summed E-state index contributed by atoms with van der Waals surface area (Å²) in [5.41, 5.74) is 5.40. The molecule has 6 heteroatoms. The van der Waals surface area contributed by atoms with Crippen LogP contribution in [-0.2, 0) is 14.4 Å². The maximum absolute atomic E-state index is 11.8. The van der Waals surface area contributed by atoms with Crippen LogP contribution in [0, 0.1) is 0 Å². The number of amides is 1. The number of carbonyl (C=O) groups excluding carboxylic acids is 2. The number of carboxylic acid groups (broad SMARTS) is 1. The molecule has 20 heavy (non-hydrogen) atoms. The van der Waals surface area contributed by atoms with Crippen molar-refractivity contribution < 1.29 is 19.5 Å². The van der Waals surface area contributed by atoms with Crippen LogP contribution in [0.4, 0.5) is 0 Å². The first-order valence-corrected chi connectivity index (χ1v) is 6.46. The standard InChI is InChI=1S/C14H22N2O4/c1-4-12(17)11(16(6-3)13(18)5-2)9-7-8-10(15)14(19)20/h4-5,10-11H,1-2,6-9,15H2,3H3,(H,19,20). The third-order valence-corrected chi connectivity index (χ3v) is 3.01. The molecule has 0 saturated carbocycles. The molecule has 0 aliphatic rings. The fourth-order valence-corrected chi connectivity index (χ4v) is 1.89. The molecule has 0 rings (SSSR count). The molecular formula is C14H22N2O4. The second-order valence-corrected chi connectivity index (χ2v) is 4.33. The molecule has 0 radical (unpaired) electrons. The molecule has 2 atom stereocenters. The van der Waals surface area contributed by atoms with E-state index in [2.05, 4.69) is 13.2 Å². The summed E-state index contributed by atoms with van der Waals surface area (Å²) in [6, 6.07) is -1.61. The zero-order valence-corrected chi connectivity index (χ0v) is 11.7. The van der Waals surface area contributed by atoms with Gasteiger partial charge in [0.2, 0.25) is 5.91 Å². The van der Waals surface area contributed by atoms with E-state index in [-0.39, 0.29) is 18.1 Å². The maximum Gasteiger partial charge on any atom is 0.320 e. The zero-order chi connectivity index (χ0) is 15.7. The molecule has 0 fully saturated rings. The second kappa shape index (κ2) is 9.03. The average Bonchev–Trinajstić information content (AvgIpc) is 2.44. The van der Waals surface area contributed by atoms with E-state index in [4.69, 9.17) is 10.8 Å². The summed E-state index contributed by atoms with van der Waals surface area (Å²) in [5.74, 6) is -1.69. The van der Waals surface area contributed by atoms with E-state index in [0.717, 1.165) is 6.08 Å². The molecule has 0 saturated heterocycles. The van der Waals surface area contributed by atoms with Crippen LogP contribution in [0.2, 0.25) is 0 Å². The third kappa shape index (κ3) is 5.36. The highest BCUT2D eigenvalue weighted by molar-refractivity contribution is 5.98.